The van der Waals surface area contributed by atoms with Gasteiger partial charge in [0.2, 0.25) is 11.2 Å². The second-order valence-corrected chi connectivity index (χ2v) is 6.23. The van der Waals surface area contributed by atoms with Gasteiger partial charge in [-0.15, -0.1) is 0 Å². The van der Waals surface area contributed by atoms with Gasteiger partial charge in [0, 0.05) is 57.4 Å². The highest BCUT2D eigenvalue weighted by Crippen LogP contribution is 2.18. The van der Waals surface area contributed by atoms with Crippen LogP contribution in [0.15, 0.2) is 53.6 Å². The number of hydrogen-bond acceptors (Lipinski definition) is 6. The third kappa shape index (κ3) is 4.18. The molecule has 0 saturated carbocycles. The first kappa shape index (κ1) is 17.9. The number of allylic oxidation sites excluding steroid dienone is 1. The summed E-state index contributed by atoms with van der Waals surface area (Å²) in [6, 6.07) is 9.22. The average molecular weight is 354 g/mol. The highest BCUT2D eigenvalue weighted by Gasteiger charge is 2.13. The summed E-state index contributed by atoms with van der Waals surface area (Å²) >= 11 is 0. The number of carbonyl (C=O) groups excluding carboxylic acids is 1. The van der Waals surface area contributed by atoms with Crippen LogP contribution < -0.4 is 10.3 Å². The van der Waals surface area contributed by atoms with Gasteiger partial charge in [0.1, 0.15) is 0 Å². The van der Waals surface area contributed by atoms with E-state index in [-0.39, 0.29) is 11.1 Å². The summed E-state index contributed by atoms with van der Waals surface area (Å²) in [7, 11) is 3.60. The van der Waals surface area contributed by atoms with Gasteiger partial charge < -0.3 is 14.5 Å². The van der Waals surface area contributed by atoms with Gasteiger partial charge in [0.15, 0.2) is 5.69 Å². The van der Waals surface area contributed by atoms with Crippen LogP contribution in [-0.4, -0.2) is 60.9 Å². The summed E-state index contributed by atoms with van der Waals surface area (Å²) in [6.45, 7) is 3.20. The van der Waals surface area contributed by atoms with Crippen molar-refractivity contribution in [3.63, 3.8) is 0 Å². The summed E-state index contributed by atoms with van der Waals surface area (Å²) < 4.78 is 6.91. The molecule has 1 aliphatic rings. The van der Waals surface area contributed by atoms with Gasteiger partial charge in [0.25, 0.3) is 0 Å². The smallest absolute Gasteiger partial charge is 0.211 e. The Labute approximate surface area is 152 Å². The van der Waals surface area contributed by atoms with Crippen LogP contribution in [0.5, 0.6) is 0 Å². The van der Waals surface area contributed by atoms with Crippen LogP contribution in [-0.2, 0) is 4.74 Å². The topological polar surface area (TPSA) is 67.7 Å². The fourth-order valence-electron chi connectivity index (χ4n) is 2.66. The average Bonchev–Trinajstić information content (AvgIpc) is 2.67. The minimum Gasteiger partial charge on any atom is -0.383 e. The number of carbonyl (C=O) groups is 1. The van der Waals surface area contributed by atoms with Crippen molar-refractivity contribution in [3.05, 3.63) is 64.7 Å². The molecule has 1 aromatic carbocycles. The Morgan fingerprint density at radius 3 is 2.42 bits per heavy atom. The Hall–Kier alpha value is -2.93. The van der Waals surface area contributed by atoms with Gasteiger partial charge in [-0.2, -0.15) is 5.10 Å². The first-order valence-corrected chi connectivity index (χ1v) is 8.47. The largest absolute Gasteiger partial charge is 0.383 e. The van der Waals surface area contributed by atoms with Gasteiger partial charge in [-0.3, -0.25) is 9.59 Å². The summed E-state index contributed by atoms with van der Waals surface area (Å²) in [6.07, 6.45) is 4.51. The molecule has 0 spiro atoms. The van der Waals surface area contributed by atoms with Crippen molar-refractivity contribution in [2.24, 2.45) is 0 Å². The Bertz CT molecular complexity index is 850. The van der Waals surface area contributed by atoms with Crippen LogP contribution in [0.4, 0.5) is 5.69 Å². The molecule has 1 aromatic heterocycles. The maximum absolute atomic E-state index is 12.2. The van der Waals surface area contributed by atoms with E-state index in [4.69, 9.17) is 4.74 Å². The lowest BCUT2D eigenvalue weighted by atomic mass is 10.2. The zero-order valence-electron chi connectivity index (χ0n) is 15.0. The van der Waals surface area contributed by atoms with Crippen LogP contribution in [0.3, 0.4) is 0 Å². The van der Waals surface area contributed by atoms with Crippen molar-refractivity contribution in [2.45, 2.75) is 0 Å². The molecule has 0 atom stereocenters. The Kier molecular flexibility index (Phi) is 5.48. The fraction of sp³-hybridized carbons (Fsp3) is 0.316. The van der Waals surface area contributed by atoms with E-state index in [1.807, 2.05) is 24.3 Å². The summed E-state index contributed by atoms with van der Waals surface area (Å²) in [5.74, 6) is -0.414. The minimum absolute atomic E-state index is 0.0946. The lowest BCUT2D eigenvalue weighted by Gasteiger charge is -2.28. The molecule has 7 nitrogen and oxygen atoms in total. The Morgan fingerprint density at radius 2 is 1.77 bits per heavy atom. The number of rotatable bonds is 5. The molecule has 0 radical (unpaired) electrons. The standard InChI is InChI=1S/C19H22N4O3/c1-21(2)9-7-17(24)19-18(25)8-10-23(20-19)16-5-3-15(4-6-16)22-11-13-26-14-12-22/h3-10H,11-14H2,1-2H3/b9-7+. The third-order valence-corrected chi connectivity index (χ3v) is 4.06. The molecular formula is C19H22N4O3. The lowest BCUT2D eigenvalue weighted by Crippen LogP contribution is -2.36. The highest BCUT2D eigenvalue weighted by atomic mass is 16.5. The van der Waals surface area contributed by atoms with Gasteiger partial charge in [-0.05, 0) is 24.3 Å². The van der Waals surface area contributed by atoms with Crippen LogP contribution >= 0.6 is 0 Å². The quantitative estimate of drug-likeness (QED) is 0.596. The Morgan fingerprint density at radius 1 is 1.12 bits per heavy atom. The summed E-state index contributed by atoms with van der Waals surface area (Å²) in [4.78, 5) is 28.2. The van der Waals surface area contributed by atoms with E-state index in [9.17, 15) is 9.59 Å². The van der Waals surface area contributed by atoms with Gasteiger partial charge >= 0.3 is 0 Å². The van der Waals surface area contributed by atoms with E-state index in [0.717, 1.165) is 37.7 Å². The van der Waals surface area contributed by atoms with Crippen molar-refractivity contribution in [2.75, 3.05) is 45.3 Å². The maximum Gasteiger partial charge on any atom is 0.211 e. The van der Waals surface area contributed by atoms with Crippen LogP contribution in [0.25, 0.3) is 5.69 Å². The molecule has 0 N–H and O–H groups in total. The number of ketones is 1. The molecule has 2 aromatic rings. The third-order valence-electron chi connectivity index (χ3n) is 4.06. The Balaban J connectivity index is 1.84. The second kappa shape index (κ2) is 7.97. The zero-order chi connectivity index (χ0) is 18.5. The molecule has 0 aliphatic carbocycles. The molecule has 0 unspecified atom stereocenters. The van der Waals surface area contributed by atoms with E-state index in [2.05, 4.69) is 10.00 Å². The van der Waals surface area contributed by atoms with E-state index in [1.54, 1.807) is 36.1 Å². The minimum atomic E-state index is -0.414. The predicted molar refractivity (Wildman–Crippen MR) is 100 cm³/mol. The molecule has 7 heteroatoms. The molecule has 0 amide bonds. The molecule has 0 bridgehead atoms. The number of benzene rings is 1. The van der Waals surface area contributed by atoms with Gasteiger partial charge in [0.05, 0.1) is 18.9 Å². The zero-order valence-corrected chi connectivity index (χ0v) is 15.0. The number of aromatic nitrogens is 2. The number of morpholine rings is 1. The molecule has 3 rings (SSSR count). The highest BCUT2D eigenvalue weighted by molar-refractivity contribution is 6.02. The van der Waals surface area contributed by atoms with E-state index in [0.29, 0.717) is 0 Å². The fourth-order valence-corrected chi connectivity index (χ4v) is 2.66. The normalized spacial score (nSPS) is 14.6. The van der Waals surface area contributed by atoms with Crippen molar-refractivity contribution in [1.29, 1.82) is 0 Å². The summed E-state index contributed by atoms with van der Waals surface area (Å²) in [5.41, 5.74) is 1.42. The molecule has 1 aliphatic heterocycles. The van der Waals surface area contributed by atoms with Crippen LogP contribution in [0.2, 0.25) is 0 Å². The predicted octanol–water partition coefficient (Wildman–Crippen LogP) is 1.33. The van der Waals surface area contributed by atoms with Crippen molar-refractivity contribution in [3.8, 4) is 5.69 Å². The van der Waals surface area contributed by atoms with E-state index < -0.39 is 5.78 Å². The monoisotopic (exact) mass is 354 g/mol. The lowest BCUT2D eigenvalue weighted by molar-refractivity contribution is 0.103. The van der Waals surface area contributed by atoms with E-state index in [1.165, 1.54) is 12.1 Å². The first-order valence-electron chi connectivity index (χ1n) is 8.47. The molecular weight excluding hydrogens is 332 g/mol. The molecule has 136 valence electrons. The van der Waals surface area contributed by atoms with Gasteiger partial charge in [-0.25, -0.2) is 4.68 Å². The molecule has 26 heavy (non-hydrogen) atoms. The van der Waals surface area contributed by atoms with Gasteiger partial charge in [-0.1, -0.05) is 0 Å². The summed E-state index contributed by atoms with van der Waals surface area (Å²) in [5, 5.41) is 4.21. The first-order chi connectivity index (χ1) is 12.5. The van der Waals surface area contributed by atoms with Crippen molar-refractivity contribution in [1.82, 2.24) is 14.7 Å². The van der Waals surface area contributed by atoms with E-state index >= 15 is 0 Å². The van der Waals surface area contributed by atoms with Crippen LogP contribution in [0.1, 0.15) is 10.5 Å². The number of ether oxygens (including phenoxy) is 1. The van der Waals surface area contributed by atoms with Crippen LogP contribution in [0, 0.1) is 0 Å². The van der Waals surface area contributed by atoms with Crippen molar-refractivity contribution < 1.29 is 9.53 Å². The number of nitrogens with zero attached hydrogens (tertiary/aromatic N) is 4. The SMILES string of the molecule is CN(C)/C=C/C(=O)c1nn(-c2ccc(N3CCOCC3)cc2)ccc1=O. The molecule has 1 fully saturated rings. The second-order valence-electron chi connectivity index (χ2n) is 6.23. The number of anilines is 1. The molecule has 2 heterocycles. The molecule has 1 saturated heterocycles. The maximum atomic E-state index is 12.2. The van der Waals surface area contributed by atoms with Crippen molar-refractivity contribution >= 4 is 11.5 Å². The number of hydrogen-bond donors (Lipinski definition) is 0.